The van der Waals surface area contributed by atoms with Crippen molar-refractivity contribution in [1.82, 2.24) is 10.2 Å². The molecule has 1 rings (SSSR count). The summed E-state index contributed by atoms with van der Waals surface area (Å²) in [5.74, 6) is 0.115. The van der Waals surface area contributed by atoms with Gasteiger partial charge in [0, 0.05) is 12.6 Å². The summed E-state index contributed by atoms with van der Waals surface area (Å²) in [6, 6.07) is -0.216. The molecule has 3 atom stereocenters. The maximum atomic E-state index is 12.5. The van der Waals surface area contributed by atoms with E-state index in [4.69, 9.17) is 0 Å². The fourth-order valence-electron chi connectivity index (χ4n) is 2.31. The fourth-order valence-corrected chi connectivity index (χ4v) is 2.31. The quantitative estimate of drug-likeness (QED) is 0.834. The number of amides is 2. The number of carbonyl (C=O) groups excluding carboxylic acids is 2. The van der Waals surface area contributed by atoms with E-state index >= 15 is 0 Å². The number of rotatable bonds is 4. The van der Waals surface area contributed by atoms with E-state index in [-0.39, 0.29) is 17.9 Å². The molecule has 1 saturated heterocycles. The summed E-state index contributed by atoms with van der Waals surface area (Å²) >= 11 is 0. The number of hydrogen-bond acceptors (Lipinski definition) is 3. The maximum Gasteiger partial charge on any atom is 0.407 e. The molecule has 0 bridgehead atoms. The average molecular weight is 256 g/mol. The summed E-state index contributed by atoms with van der Waals surface area (Å²) in [6.07, 6.45) is 2.37. The molecule has 5 nitrogen and oxygen atoms in total. The topological polar surface area (TPSA) is 58.6 Å². The number of nitrogens with one attached hydrogen (secondary N) is 1. The lowest BCUT2D eigenvalue weighted by Gasteiger charge is -2.30. The van der Waals surface area contributed by atoms with E-state index in [1.807, 2.05) is 18.7 Å². The van der Waals surface area contributed by atoms with Crippen LogP contribution < -0.4 is 5.32 Å². The molecule has 1 fully saturated rings. The van der Waals surface area contributed by atoms with Gasteiger partial charge in [0.25, 0.3) is 0 Å². The van der Waals surface area contributed by atoms with E-state index in [0.29, 0.717) is 0 Å². The third kappa shape index (κ3) is 3.37. The van der Waals surface area contributed by atoms with Crippen molar-refractivity contribution < 1.29 is 14.3 Å². The minimum absolute atomic E-state index is 0.0137. The number of carbonyl (C=O) groups is 2. The second kappa shape index (κ2) is 6.61. The van der Waals surface area contributed by atoms with Crippen LogP contribution in [-0.2, 0) is 9.53 Å². The van der Waals surface area contributed by atoms with Gasteiger partial charge in [-0.3, -0.25) is 4.79 Å². The summed E-state index contributed by atoms with van der Waals surface area (Å²) in [7, 11) is 1.31. The molecular formula is C13H24N2O3. The summed E-state index contributed by atoms with van der Waals surface area (Å²) in [5, 5.41) is 2.66. The molecule has 0 aliphatic carbocycles. The Labute approximate surface area is 109 Å². The first-order valence-electron chi connectivity index (χ1n) is 6.66. The molecule has 1 N–H and O–H groups in total. The van der Waals surface area contributed by atoms with Gasteiger partial charge in [-0.25, -0.2) is 4.79 Å². The van der Waals surface area contributed by atoms with Crippen LogP contribution >= 0.6 is 0 Å². The van der Waals surface area contributed by atoms with E-state index in [1.165, 1.54) is 7.11 Å². The van der Waals surface area contributed by atoms with Gasteiger partial charge in [-0.2, -0.15) is 0 Å². The van der Waals surface area contributed by atoms with Gasteiger partial charge in [-0.1, -0.05) is 20.3 Å². The second-order valence-electron chi connectivity index (χ2n) is 5.02. The zero-order valence-electron chi connectivity index (χ0n) is 11.7. The Kier molecular flexibility index (Phi) is 5.44. The Balaban J connectivity index is 2.75. The number of hydrogen-bond donors (Lipinski definition) is 1. The van der Waals surface area contributed by atoms with Crippen molar-refractivity contribution in [3.05, 3.63) is 0 Å². The Bertz CT molecular complexity index is 307. The lowest BCUT2D eigenvalue weighted by Crippen LogP contribution is -2.52. The Morgan fingerprint density at radius 3 is 2.61 bits per heavy atom. The van der Waals surface area contributed by atoms with Gasteiger partial charge in [-0.15, -0.1) is 0 Å². The second-order valence-corrected chi connectivity index (χ2v) is 5.02. The highest BCUT2D eigenvalue weighted by atomic mass is 16.5. The van der Waals surface area contributed by atoms with E-state index in [1.54, 1.807) is 0 Å². The predicted molar refractivity (Wildman–Crippen MR) is 69.2 cm³/mol. The molecule has 0 aromatic carbocycles. The van der Waals surface area contributed by atoms with Gasteiger partial charge >= 0.3 is 6.09 Å². The molecule has 0 radical (unpaired) electrons. The minimum Gasteiger partial charge on any atom is -0.453 e. The van der Waals surface area contributed by atoms with Crippen LogP contribution in [0.1, 0.15) is 40.0 Å². The van der Waals surface area contributed by atoms with Crippen molar-refractivity contribution in [2.24, 2.45) is 5.92 Å². The summed E-state index contributed by atoms with van der Waals surface area (Å²) in [4.78, 5) is 25.7. The van der Waals surface area contributed by atoms with E-state index < -0.39 is 12.1 Å². The van der Waals surface area contributed by atoms with Gasteiger partial charge in [-0.05, 0) is 25.7 Å². The van der Waals surface area contributed by atoms with Crippen LogP contribution in [0.2, 0.25) is 0 Å². The molecule has 0 aromatic rings. The number of nitrogens with zero attached hydrogens (tertiary/aromatic N) is 1. The molecule has 1 aliphatic heterocycles. The monoisotopic (exact) mass is 256 g/mol. The smallest absolute Gasteiger partial charge is 0.407 e. The summed E-state index contributed by atoms with van der Waals surface area (Å²) in [5.41, 5.74) is 0. The minimum atomic E-state index is -0.541. The molecule has 1 heterocycles. The van der Waals surface area contributed by atoms with E-state index in [2.05, 4.69) is 17.0 Å². The molecule has 18 heavy (non-hydrogen) atoms. The van der Waals surface area contributed by atoms with Crippen LogP contribution in [0.25, 0.3) is 0 Å². The van der Waals surface area contributed by atoms with Crippen LogP contribution in [0.3, 0.4) is 0 Å². The fraction of sp³-hybridized carbons (Fsp3) is 0.846. The Hall–Kier alpha value is -1.26. The summed E-state index contributed by atoms with van der Waals surface area (Å²) in [6.45, 7) is 6.82. The first-order chi connectivity index (χ1) is 8.51. The van der Waals surface area contributed by atoms with Crippen molar-refractivity contribution >= 4 is 12.0 Å². The third-order valence-electron chi connectivity index (χ3n) is 3.77. The Morgan fingerprint density at radius 1 is 1.50 bits per heavy atom. The van der Waals surface area contributed by atoms with Gasteiger partial charge < -0.3 is 15.0 Å². The van der Waals surface area contributed by atoms with Gasteiger partial charge in [0.1, 0.15) is 6.04 Å². The lowest BCUT2D eigenvalue weighted by atomic mass is 9.97. The van der Waals surface area contributed by atoms with E-state index in [0.717, 1.165) is 25.8 Å². The zero-order valence-corrected chi connectivity index (χ0v) is 11.7. The molecule has 2 amide bonds. The van der Waals surface area contributed by atoms with E-state index in [9.17, 15) is 9.59 Å². The van der Waals surface area contributed by atoms with Crippen molar-refractivity contribution in [1.29, 1.82) is 0 Å². The van der Waals surface area contributed by atoms with Gasteiger partial charge in [0.2, 0.25) is 5.91 Å². The van der Waals surface area contributed by atoms with Crippen LogP contribution in [0, 0.1) is 5.92 Å². The molecule has 104 valence electrons. The van der Waals surface area contributed by atoms with Crippen molar-refractivity contribution in [3.8, 4) is 0 Å². The largest absolute Gasteiger partial charge is 0.453 e. The molecule has 0 unspecified atom stereocenters. The molecule has 0 spiro atoms. The predicted octanol–water partition coefficient (Wildman–Crippen LogP) is 1.77. The SMILES string of the molecule is CC[C@H](C)[C@H](NC(=O)OC)C(=O)N1CCC[C@@H]1C. The zero-order chi connectivity index (χ0) is 13.7. The summed E-state index contributed by atoms with van der Waals surface area (Å²) < 4.78 is 4.59. The Morgan fingerprint density at radius 2 is 2.17 bits per heavy atom. The average Bonchev–Trinajstić information content (AvgIpc) is 2.80. The van der Waals surface area contributed by atoms with Crippen molar-refractivity contribution in [3.63, 3.8) is 0 Å². The number of ether oxygens (including phenoxy) is 1. The maximum absolute atomic E-state index is 12.5. The van der Waals surface area contributed by atoms with Gasteiger partial charge in [0.05, 0.1) is 7.11 Å². The lowest BCUT2D eigenvalue weighted by molar-refractivity contribution is -0.135. The van der Waals surface area contributed by atoms with Crippen LogP contribution in [0.15, 0.2) is 0 Å². The first kappa shape index (κ1) is 14.8. The number of methoxy groups -OCH3 is 1. The normalized spacial score (nSPS) is 22.4. The van der Waals surface area contributed by atoms with Crippen LogP contribution in [-0.4, -0.2) is 42.6 Å². The highest BCUT2D eigenvalue weighted by molar-refractivity contribution is 5.86. The van der Waals surface area contributed by atoms with Crippen LogP contribution in [0.4, 0.5) is 4.79 Å². The first-order valence-corrected chi connectivity index (χ1v) is 6.66. The standard InChI is InChI=1S/C13H24N2O3/c1-5-9(2)11(14-13(17)18-4)12(16)15-8-6-7-10(15)3/h9-11H,5-8H2,1-4H3,(H,14,17)/t9-,10-,11-/m0/s1. The molecule has 0 saturated carbocycles. The highest BCUT2D eigenvalue weighted by Gasteiger charge is 2.34. The van der Waals surface area contributed by atoms with Gasteiger partial charge in [0.15, 0.2) is 0 Å². The van der Waals surface area contributed by atoms with Crippen molar-refractivity contribution in [2.45, 2.75) is 52.1 Å². The molecule has 5 heteroatoms. The number of likely N-dealkylation sites (tertiary alicyclic amines) is 1. The molecule has 0 aromatic heterocycles. The third-order valence-corrected chi connectivity index (χ3v) is 3.77. The van der Waals surface area contributed by atoms with Crippen molar-refractivity contribution in [2.75, 3.05) is 13.7 Å². The van der Waals surface area contributed by atoms with Crippen LogP contribution in [0.5, 0.6) is 0 Å². The highest BCUT2D eigenvalue weighted by Crippen LogP contribution is 2.20. The molecular weight excluding hydrogens is 232 g/mol. The number of alkyl carbamates (subject to hydrolysis) is 1. The molecule has 1 aliphatic rings.